The van der Waals surface area contributed by atoms with Crippen LogP contribution in [0.4, 0.5) is 0 Å². The Morgan fingerprint density at radius 1 is 1.26 bits per heavy atom. The van der Waals surface area contributed by atoms with Crippen molar-refractivity contribution in [1.82, 2.24) is 10.2 Å². The number of Topliss-reactive ketones (excluding diaryl/α,β-unsaturated/α-hetero) is 1. The van der Waals surface area contributed by atoms with Gasteiger partial charge in [0.1, 0.15) is 0 Å². The van der Waals surface area contributed by atoms with Gasteiger partial charge >= 0.3 is 0 Å². The summed E-state index contributed by atoms with van der Waals surface area (Å²) in [6, 6.07) is 5.89. The van der Waals surface area contributed by atoms with Gasteiger partial charge in [-0.15, -0.1) is 0 Å². The lowest BCUT2D eigenvalue weighted by Crippen LogP contribution is -2.30. The lowest BCUT2D eigenvalue weighted by atomic mass is 10.0. The van der Waals surface area contributed by atoms with Gasteiger partial charge in [0.15, 0.2) is 5.78 Å². The zero-order valence-corrected chi connectivity index (χ0v) is 12.1. The van der Waals surface area contributed by atoms with Crippen LogP contribution in [-0.2, 0) is 4.79 Å². The summed E-state index contributed by atoms with van der Waals surface area (Å²) in [5.74, 6) is 0.0895. The van der Waals surface area contributed by atoms with E-state index < -0.39 is 0 Å². The zero-order chi connectivity index (χ0) is 14.4. The van der Waals surface area contributed by atoms with Crippen molar-refractivity contribution < 1.29 is 9.59 Å². The molecule has 1 rings (SSSR count). The highest BCUT2D eigenvalue weighted by Gasteiger charge is 2.12. The molecule has 0 saturated heterocycles. The molecule has 0 unspecified atom stereocenters. The summed E-state index contributed by atoms with van der Waals surface area (Å²) in [6.07, 6.45) is 0.410. The fraction of sp³-hybridized carbons (Fsp3) is 0.467. The van der Waals surface area contributed by atoms with Crippen LogP contribution in [0.3, 0.4) is 0 Å². The fourth-order valence-corrected chi connectivity index (χ4v) is 1.86. The lowest BCUT2D eigenvalue weighted by Gasteiger charge is -2.16. The number of rotatable bonds is 6. The van der Waals surface area contributed by atoms with Crippen molar-refractivity contribution in [3.05, 3.63) is 34.9 Å². The molecule has 0 aromatic heterocycles. The quantitative estimate of drug-likeness (QED) is 0.791. The molecule has 0 spiro atoms. The molecule has 1 aromatic carbocycles. The molecule has 0 saturated carbocycles. The van der Waals surface area contributed by atoms with Crippen molar-refractivity contribution in [3.63, 3.8) is 0 Å². The Hall–Kier alpha value is -1.68. The van der Waals surface area contributed by atoms with Crippen molar-refractivity contribution in [1.29, 1.82) is 0 Å². The van der Waals surface area contributed by atoms with Crippen LogP contribution < -0.4 is 5.32 Å². The van der Waals surface area contributed by atoms with Crippen LogP contribution in [0, 0.1) is 13.8 Å². The van der Waals surface area contributed by atoms with Gasteiger partial charge in [-0.3, -0.25) is 14.5 Å². The van der Waals surface area contributed by atoms with E-state index in [0.29, 0.717) is 19.5 Å². The van der Waals surface area contributed by atoms with Gasteiger partial charge in [0.05, 0.1) is 6.54 Å². The van der Waals surface area contributed by atoms with E-state index in [9.17, 15) is 9.59 Å². The molecule has 0 aliphatic rings. The second-order valence-electron chi connectivity index (χ2n) is 4.90. The molecule has 0 atom stereocenters. The SMILES string of the molecule is CNC(=O)CCN(C)CC(=O)c1cc(C)ccc1C. The third kappa shape index (κ3) is 4.83. The minimum absolute atomic E-state index is 0.00830. The Morgan fingerprint density at radius 2 is 1.95 bits per heavy atom. The summed E-state index contributed by atoms with van der Waals surface area (Å²) in [5, 5.41) is 2.57. The second kappa shape index (κ2) is 7.04. The molecule has 104 valence electrons. The number of ketones is 1. The Kier molecular flexibility index (Phi) is 5.70. The first kappa shape index (κ1) is 15.4. The molecule has 0 aliphatic carbocycles. The maximum absolute atomic E-state index is 12.2. The molecule has 4 nitrogen and oxygen atoms in total. The van der Waals surface area contributed by atoms with Gasteiger partial charge in [-0.25, -0.2) is 0 Å². The van der Waals surface area contributed by atoms with Crippen LogP contribution in [0.5, 0.6) is 0 Å². The summed E-state index contributed by atoms with van der Waals surface area (Å²) in [4.78, 5) is 25.2. The summed E-state index contributed by atoms with van der Waals surface area (Å²) in [7, 11) is 3.47. The van der Waals surface area contributed by atoms with Crippen LogP contribution in [0.2, 0.25) is 0 Å². The van der Waals surface area contributed by atoms with Crippen LogP contribution in [0.25, 0.3) is 0 Å². The largest absolute Gasteiger partial charge is 0.359 e. The molecule has 1 N–H and O–H groups in total. The van der Waals surface area contributed by atoms with Gasteiger partial charge in [0.25, 0.3) is 0 Å². The predicted octanol–water partition coefficient (Wildman–Crippen LogP) is 1.55. The highest BCUT2D eigenvalue weighted by molar-refractivity contribution is 5.99. The average molecular weight is 262 g/mol. The maximum atomic E-state index is 12.2. The van der Waals surface area contributed by atoms with E-state index in [-0.39, 0.29) is 11.7 Å². The zero-order valence-electron chi connectivity index (χ0n) is 12.1. The molecule has 19 heavy (non-hydrogen) atoms. The molecule has 1 aromatic rings. The van der Waals surface area contributed by atoms with E-state index in [1.54, 1.807) is 7.05 Å². The number of hydrogen-bond acceptors (Lipinski definition) is 3. The number of carbonyl (C=O) groups excluding carboxylic acids is 2. The standard InChI is InChI=1S/C15H22N2O2/c1-11-5-6-12(2)13(9-11)14(18)10-17(4)8-7-15(19)16-3/h5-6,9H,7-8,10H2,1-4H3,(H,16,19). The van der Waals surface area contributed by atoms with Crippen LogP contribution >= 0.6 is 0 Å². The number of hydrogen-bond donors (Lipinski definition) is 1. The Bertz CT molecular complexity index is 469. The Morgan fingerprint density at radius 3 is 2.58 bits per heavy atom. The molecule has 0 radical (unpaired) electrons. The number of benzene rings is 1. The fourth-order valence-electron chi connectivity index (χ4n) is 1.86. The van der Waals surface area contributed by atoms with Crippen molar-refractivity contribution in [3.8, 4) is 0 Å². The number of aryl methyl sites for hydroxylation is 2. The van der Waals surface area contributed by atoms with E-state index in [0.717, 1.165) is 16.7 Å². The van der Waals surface area contributed by atoms with E-state index in [4.69, 9.17) is 0 Å². The lowest BCUT2D eigenvalue weighted by molar-refractivity contribution is -0.120. The molecular formula is C15H22N2O2. The molecule has 4 heteroatoms. The van der Waals surface area contributed by atoms with Crippen LogP contribution in [-0.4, -0.2) is 43.8 Å². The van der Waals surface area contributed by atoms with Gasteiger partial charge in [0.2, 0.25) is 5.91 Å². The van der Waals surface area contributed by atoms with Crippen molar-refractivity contribution in [2.24, 2.45) is 0 Å². The van der Waals surface area contributed by atoms with Gasteiger partial charge < -0.3 is 5.32 Å². The number of amides is 1. The van der Waals surface area contributed by atoms with Gasteiger partial charge in [0, 0.05) is 25.6 Å². The highest BCUT2D eigenvalue weighted by atomic mass is 16.1. The first-order valence-electron chi connectivity index (χ1n) is 6.43. The Labute approximate surface area is 114 Å². The van der Waals surface area contributed by atoms with Crippen molar-refractivity contribution >= 4 is 11.7 Å². The molecule has 0 fully saturated rings. The van der Waals surface area contributed by atoms with E-state index in [1.807, 2.05) is 44.0 Å². The molecular weight excluding hydrogens is 240 g/mol. The smallest absolute Gasteiger partial charge is 0.221 e. The number of carbonyl (C=O) groups is 2. The average Bonchev–Trinajstić information content (AvgIpc) is 2.38. The highest BCUT2D eigenvalue weighted by Crippen LogP contribution is 2.11. The molecule has 1 amide bonds. The molecule has 0 heterocycles. The first-order chi connectivity index (χ1) is 8.93. The Balaban J connectivity index is 2.59. The minimum atomic E-state index is -0.00830. The minimum Gasteiger partial charge on any atom is -0.359 e. The van der Waals surface area contributed by atoms with Gasteiger partial charge in [-0.2, -0.15) is 0 Å². The molecule has 0 bridgehead atoms. The summed E-state index contributed by atoms with van der Waals surface area (Å²) >= 11 is 0. The monoisotopic (exact) mass is 262 g/mol. The number of nitrogens with one attached hydrogen (secondary N) is 1. The van der Waals surface area contributed by atoms with Crippen LogP contribution in [0.15, 0.2) is 18.2 Å². The van der Waals surface area contributed by atoms with Crippen molar-refractivity contribution in [2.75, 3.05) is 27.2 Å². The number of nitrogens with zero attached hydrogens (tertiary/aromatic N) is 1. The van der Waals surface area contributed by atoms with Gasteiger partial charge in [-0.05, 0) is 32.5 Å². The van der Waals surface area contributed by atoms with E-state index in [2.05, 4.69) is 5.32 Å². The third-order valence-electron chi connectivity index (χ3n) is 3.11. The second-order valence-corrected chi connectivity index (χ2v) is 4.90. The van der Waals surface area contributed by atoms with E-state index >= 15 is 0 Å². The van der Waals surface area contributed by atoms with E-state index in [1.165, 1.54) is 0 Å². The molecule has 0 aliphatic heterocycles. The maximum Gasteiger partial charge on any atom is 0.221 e. The van der Waals surface area contributed by atoms with Crippen molar-refractivity contribution in [2.45, 2.75) is 20.3 Å². The topological polar surface area (TPSA) is 49.4 Å². The van der Waals surface area contributed by atoms with Gasteiger partial charge in [-0.1, -0.05) is 17.7 Å². The van der Waals surface area contributed by atoms with Crippen LogP contribution in [0.1, 0.15) is 27.9 Å². The predicted molar refractivity (Wildman–Crippen MR) is 76.4 cm³/mol. The summed E-state index contributed by atoms with van der Waals surface area (Å²) in [6.45, 7) is 4.83. The normalized spacial score (nSPS) is 10.6. The number of likely N-dealkylation sites (N-methyl/N-ethyl adjacent to an activating group) is 1. The summed E-state index contributed by atoms with van der Waals surface area (Å²) < 4.78 is 0. The first-order valence-corrected chi connectivity index (χ1v) is 6.43. The summed E-state index contributed by atoms with van der Waals surface area (Å²) in [5.41, 5.74) is 2.85. The third-order valence-corrected chi connectivity index (χ3v) is 3.11.